The van der Waals surface area contributed by atoms with Crippen LogP contribution in [0.25, 0.3) is 0 Å². The van der Waals surface area contributed by atoms with Gasteiger partial charge in [0, 0.05) is 5.02 Å². The third kappa shape index (κ3) is 2.85. The van der Waals surface area contributed by atoms with Gasteiger partial charge in [-0.1, -0.05) is 29.8 Å². The smallest absolute Gasteiger partial charge is 0.262 e. The fourth-order valence-electron chi connectivity index (χ4n) is 2.22. The first kappa shape index (κ1) is 14.2. The van der Waals surface area contributed by atoms with E-state index in [9.17, 15) is 4.79 Å². The van der Waals surface area contributed by atoms with Crippen LogP contribution in [0.5, 0.6) is 5.75 Å². The minimum absolute atomic E-state index is 0.0459. The topological polar surface area (TPSA) is 38.3 Å². The molecule has 1 atom stereocenters. The van der Waals surface area contributed by atoms with Crippen molar-refractivity contribution in [3.8, 4) is 5.75 Å². The molecule has 1 aliphatic heterocycles. The molecule has 1 unspecified atom stereocenters. The van der Waals surface area contributed by atoms with Crippen molar-refractivity contribution < 1.29 is 9.53 Å². The van der Waals surface area contributed by atoms with Crippen LogP contribution in [0, 0.1) is 6.92 Å². The molecule has 3 rings (SSSR count). The van der Waals surface area contributed by atoms with Crippen LogP contribution in [0.1, 0.15) is 22.1 Å². The Morgan fingerprint density at radius 3 is 2.67 bits per heavy atom. The quantitative estimate of drug-likeness (QED) is 0.837. The fourth-order valence-corrected chi connectivity index (χ4v) is 2.68. The molecule has 3 nitrogen and oxygen atoms in total. The monoisotopic (exact) mass is 321 g/mol. The van der Waals surface area contributed by atoms with Crippen molar-refractivity contribution >= 4 is 34.8 Å². The number of fused-ring (bicyclic) bond motifs is 1. The molecule has 0 spiro atoms. The Hall–Kier alpha value is -1.71. The maximum atomic E-state index is 11.4. The highest BCUT2D eigenvalue weighted by Crippen LogP contribution is 2.36. The zero-order valence-electron chi connectivity index (χ0n) is 11.3. The highest BCUT2D eigenvalue weighted by Gasteiger charge is 2.19. The molecule has 0 saturated carbocycles. The number of alkyl halides is 1. The van der Waals surface area contributed by atoms with Crippen molar-refractivity contribution in [2.75, 3.05) is 11.9 Å². The van der Waals surface area contributed by atoms with E-state index in [0.29, 0.717) is 16.5 Å². The summed E-state index contributed by atoms with van der Waals surface area (Å²) in [5.41, 5.74) is 3.44. The second-order valence-electron chi connectivity index (χ2n) is 4.96. The van der Waals surface area contributed by atoms with Crippen LogP contribution in [0.2, 0.25) is 5.02 Å². The van der Waals surface area contributed by atoms with Gasteiger partial charge in [-0.15, -0.1) is 11.6 Å². The van der Waals surface area contributed by atoms with Gasteiger partial charge in [0.1, 0.15) is 5.75 Å². The maximum Gasteiger partial charge on any atom is 0.262 e. The van der Waals surface area contributed by atoms with Gasteiger partial charge >= 0.3 is 0 Å². The molecule has 2 aromatic carbocycles. The van der Waals surface area contributed by atoms with Crippen molar-refractivity contribution in [2.24, 2.45) is 0 Å². The molecule has 1 amide bonds. The Labute approximate surface area is 132 Å². The number of amides is 1. The standard InChI is InChI=1S/C16H13Cl2NO2/c1-9-2-3-10(6-12(9)17)16(18)11-4-5-14-13(7-11)19-15(20)8-21-14/h2-7,16H,8H2,1H3,(H,19,20). The van der Waals surface area contributed by atoms with Crippen molar-refractivity contribution in [2.45, 2.75) is 12.3 Å². The summed E-state index contributed by atoms with van der Waals surface area (Å²) in [7, 11) is 0. The number of hydrogen-bond acceptors (Lipinski definition) is 2. The lowest BCUT2D eigenvalue weighted by Crippen LogP contribution is -2.25. The molecule has 2 aromatic rings. The lowest BCUT2D eigenvalue weighted by atomic mass is 10.0. The zero-order chi connectivity index (χ0) is 15.0. The van der Waals surface area contributed by atoms with Crippen LogP contribution in [-0.4, -0.2) is 12.5 Å². The molecule has 0 saturated heterocycles. The molecule has 5 heteroatoms. The lowest BCUT2D eigenvalue weighted by Gasteiger charge is -2.20. The van der Waals surface area contributed by atoms with Gasteiger partial charge in [0.2, 0.25) is 0 Å². The first-order chi connectivity index (χ1) is 10.0. The lowest BCUT2D eigenvalue weighted by molar-refractivity contribution is -0.118. The first-order valence-corrected chi connectivity index (χ1v) is 7.33. The normalized spacial score (nSPS) is 14.9. The molecule has 21 heavy (non-hydrogen) atoms. The van der Waals surface area contributed by atoms with Crippen molar-refractivity contribution in [1.29, 1.82) is 0 Å². The molecule has 1 heterocycles. The van der Waals surface area contributed by atoms with Crippen LogP contribution in [0.15, 0.2) is 36.4 Å². The molecule has 0 aliphatic carbocycles. The molecule has 108 valence electrons. The van der Waals surface area contributed by atoms with E-state index in [1.807, 2.05) is 43.3 Å². The Kier molecular flexibility index (Phi) is 3.79. The second kappa shape index (κ2) is 5.58. The highest BCUT2D eigenvalue weighted by molar-refractivity contribution is 6.31. The summed E-state index contributed by atoms with van der Waals surface area (Å²) < 4.78 is 5.33. The van der Waals surface area contributed by atoms with E-state index in [1.165, 1.54) is 0 Å². The number of benzene rings is 2. The second-order valence-corrected chi connectivity index (χ2v) is 5.81. The van der Waals surface area contributed by atoms with Gasteiger partial charge in [-0.25, -0.2) is 0 Å². The van der Waals surface area contributed by atoms with Crippen LogP contribution in [0.3, 0.4) is 0 Å². The molecule has 1 N–H and O–H groups in total. The van der Waals surface area contributed by atoms with E-state index < -0.39 is 0 Å². The van der Waals surface area contributed by atoms with Gasteiger partial charge in [-0.05, 0) is 41.8 Å². The van der Waals surface area contributed by atoms with Gasteiger partial charge in [0.15, 0.2) is 6.61 Å². The van der Waals surface area contributed by atoms with E-state index in [-0.39, 0.29) is 17.9 Å². The number of carbonyl (C=O) groups excluding carboxylic acids is 1. The predicted octanol–water partition coefficient (Wildman–Crippen LogP) is 4.31. The van der Waals surface area contributed by atoms with E-state index in [1.54, 1.807) is 0 Å². The van der Waals surface area contributed by atoms with Gasteiger partial charge in [-0.3, -0.25) is 4.79 Å². The van der Waals surface area contributed by atoms with Gasteiger partial charge < -0.3 is 10.1 Å². The van der Waals surface area contributed by atoms with Gasteiger partial charge in [0.25, 0.3) is 5.91 Å². The minimum Gasteiger partial charge on any atom is -0.482 e. The number of carbonyl (C=O) groups is 1. The number of halogens is 2. The van der Waals surface area contributed by atoms with Gasteiger partial charge in [0.05, 0.1) is 11.1 Å². The molecule has 0 bridgehead atoms. The largest absolute Gasteiger partial charge is 0.482 e. The highest BCUT2D eigenvalue weighted by atomic mass is 35.5. The van der Waals surface area contributed by atoms with Crippen LogP contribution < -0.4 is 10.1 Å². The zero-order valence-corrected chi connectivity index (χ0v) is 12.8. The summed E-state index contributed by atoms with van der Waals surface area (Å²) in [6.07, 6.45) is 0. The summed E-state index contributed by atoms with van der Waals surface area (Å²) in [4.78, 5) is 11.4. The van der Waals surface area contributed by atoms with Crippen LogP contribution >= 0.6 is 23.2 Å². The van der Waals surface area contributed by atoms with E-state index >= 15 is 0 Å². The van der Waals surface area contributed by atoms with Gasteiger partial charge in [-0.2, -0.15) is 0 Å². The van der Waals surface area contributed by atoms with Crippen molar-refractivity contribution in [3.63, 3.8) is 0 Å². The Bertz CT molecular complexity index is 715. The van der Waals surface area contributed by atoms with Crippen LogP contribution in [0.4, 0.5) is 5.69 Å². The molecule has 1 aliphatic rings. The SMILES string of the molecule is Cc1ccc(C(Cl)c2ccc3c(c2)NC(=O)CO3)cc1Cl. The van der Waals surface area contributed by atoms with E-state index in [2.05, 4.69) is 5.32 Å². The number of rotatable bonds is 2. The Morgan fingerprint density at radius 2 is 1.90 bits per heavy atom. The molecule has 0 aromatic heterocycles. The molecule has 0 radical (unpaired) electrons. The maximum absolute atomic E-state index is 11.4. The number of hydrogen-bond donors (Lipinski definition) is 1. The number of anilines is 1. The number of aryl methyl sites for hydroxylation is 1. The Balaban J connectivity index is 1.94. The minimum atomic E-state index is -0.341. The summed E-state index contributed by atoms with van der Waals surface area (Å²) in [6.45, 7) is 1.99. The Morgan fingerprint density at radius 1 is 1.19 bits per heavy atom. The van der Waals surface area contributed by atoms with E-state index in [0.717, 1.165) is 16.7 Å². The van der Waals surface area contributed by atoms with E-state index in [4.69, 9.17) is 27.9 Å². The summed E-state index contributed by atoms with van der Waals surface area (Å²) in [6, 6.07) is 11.3. The fraction of sp³-hybridized carbons (Fsp3) is 0.188. The predicted molar refractivity (Wildman–Crippen MR) is 84.5 cm³/mol. The third-order valence-electron chi connectivity index (χ3n) is 3.42. The number of nitrogens with one attached hydrogen (secondary N) is 1. The molecular weight excluding hydrogens is 309 g/mol. The number of ether oxygens (including phenoxy) is 1. The summed E-state index contributed by atoms with van der Waals surface area (Å²) in [5, 5.41) is 3.13. The van der Waals surface area contributed by atoms with Crippen LogP contribution in [-0.2, 0) is 4.79 Å². The first-order valence-electron chi connectivity index (χ1n) is 6.51. The average Bonchev–Trinajstić information content (AvgIpc) is 2.48. The molecule has 0 fully saturated rings. The van der Waals surface area contributed by atoms with Crippen molar-refractivity contribution in [1.82, 2.24) is 0 Å². The van der Waals surface area contributed by atoms with Crippen molar-refractivity contribution in [3.05, 3.63) is 58.1 Å². The summed E-state index contributed by atoms with van der Waals surface area (Å²) >= 11 is 12.7. The summed E-state index contributed by atoms with van der Waals surface area (Å²) in [5.74, 6) is 0.494. The third-order valence-corrected chi connectivity index (χ3v) is 4.33. The average molecular weight is 322 g/mol. The molecular formula is C16H13Cl2NO2.